The Morgan fingerprint density at radius 3 is 3.15 bits per heavy atom. The topological polar surface area (TPSA) is 89.7 Å². The average molecular weight is 273 g/mol. The zero-order chi connectivity index (χ0) is 13.7. The molecule has 2 heterocycles. The molecule has 3 unspecified atom stereocenters. The lowest BCUT2D eigenvalue weighted by molar-refractivity contribution is 0.102. The molecule has 6 heteroatoms. The molecule has 2 aliphatic carbocycles. The van der Waals surface area contributed by atoms with E-state index in [1.54, 1.807) is 6.33 Å². The van der Waals surface area contributed by atoms with Crippen molar-refractivity contribution in [2.24, 2.45) is 17.3 Å². The molecular formula is C14H19N5O. The number of nitrogens with one attached hydrogen (secondary N) is 1. The Kier molecular flexibility index (Phi) is 2.43. The van der Waals surface area contributed by atoms with E-state index in [2.05, 4.69) is 26.9 Å². The van der Waals surface area contributed by atoms with Gasteiger partial charge >= 0.3 is 0 Å². The van der Waals surface area contributed by atoms with Crippen LogP contribution in [0.5, 0.6) is 5.88 Å². The van der Waals surface area contributed by atoms with Crippen LogP contribution in [0.1, 0.15) is 32.6 Å². The SMILES string of the molecule is CC1CC2CCC1(COc1nc(N)nc3nc[nH]c13)C2. The third kappa shape index (κ3) is 1.67. The minimum atomic E-state index is 0.209. The highest BCUT2D eigenvalue weighted by Crippen LogP contribution is 2.57. The molecule has 106 valence electrons. The molecule has 2 aliphatic rings. The Balaban J connectivity index is 1.61. The van der Waals surface area contributed by atoms with Crippen molar-refractivity contribution in [3.63, 3.8) is 0 Å². The molecule has 0 amide bonds. The molecule has 2 aromatic rings. The number of H-pyrrole nitrogens is 1. The van der Waals surface area contributed by atoms with Crippen molar-refractivity contribution in [2.45, 2.75) is 32.6 Å². The van der Waals surface area contributed by atoms with Crippen LogP contribution in [-0.2, 0) is 0 Å². The van der Waals surface area contributed by atoms with Crippen LogP contribution in [0.25, 0.3) is 11.2 Å². The van der Waals surface area contributed by atoms with E-state index in [4.69, 9.17) is 10.5 Å². The Morgan fingerprint density at radius 2 is 2.40 bits per heavy atom. The van der Waals surface area contributed by atoms with Gasteiger partial charge in [0, 0.05) is 5.41 Å². The van der Waals surface area contributed by atoms with Gasteiger partial charge in [-0.15, -0.1) is 0 Å². The summed E-state index contributed by atoms with van der Waals surface area (Å²) in [6.07, 6.45) is 6.84. The fourth-order valence-corrected chi connectivity index (χ4v) is 4.08. The van der Waals surface area contributed by atoms with Crippen molar-refractivity contribution in [3.8, 4) is 5.88 Å². The molecule has 0 saturated heterocycles. The number of aromatic nitrogens is 4. The van der Waals surface area contributed by atoms with Crippen molar-refractivity contribution in [1.82, 2.24) is 19.9 Å². The van der Waals surface area contributed by atoms with Gasteiger partial charge in [0.1, 0.15) is 5.52 Å². The summed E-state index contributed by atoms with van der Waals surface area (Å²) in [4.78, 5) is 15.4. The van der Waals surface area contributed by atoms with Gasteiger partial charge in [0.05, 0.1) is 12.9 Å². The van der Waals surface area contributed by atoms with E-state index in [0.717, 1.165) is 24.0 Å². The first-order chi connectivity index (χ1) is 9.66. The second kappa shape index (κ2) is 4.07. The lowest BCUT2D eigenvalue weighted by atomic mass is 9.77. The number of anilines is 1. The van der Waals surface area contributed by atoms with Crippen LogP contribution in [0.2, 0.25) is 0 Å². The summed E-state index contributed by atoms with van der Waals surface area (Å²) in [7, 11) is 0. The van der Waals surface area contributed by atoms with E-state index in [1.165, 1.54) is 25.7 Å². The number of nitrogen functional groups attached to an aromatic ring is 1. The van der Waals surface area contributed by atoms with Gasteiger partial charge in [-0.1, -0.05) is 6.92 Å². The van der Waals surface area contributed by atoms with Crippen molar-refractivity contribution >= 4 is 17.1 Å². The van der Waals surface area contributed by atoms with Crippen LogP contribution >= 0.6 is 0 Å². The van der Waals surface area contributed by atoms with Crippen LogP contribution in [0, 0.1) is 17.3 Å². The Labute approximate surface area is 117 Å². The number of imidazole rings is 1. The highest BCUT2D eigenvalue weighted by Gasteiger charge is 2.50. The first kappa shape index (κ1) is 11.9. The molecular weight excluding hydrogens is 254 g/mol. The third-order valence-electron chi connectivity index (χ3n) is 5.24. The van der Waals surface area contributed by atoms with E-state index in [9.17, 15) is 0 Å². The van der Waals surface area contributed by atoms with Crippen LogP contribution in [0.15, 0.2) is 6.33 Å². The minimum Gasteiger partial charge on any atom is -0.475 e. The van der Waals surface area contributed by atoms with Crippen molar-refractivity contribution in [3.05, 3.63) is 6.33 Å². The summed E-state index contributed by atoms with van der Waals surface area (Å²) in [5.41, 5.74) is 7.34. The van der Waals surface area contributed by atoms with Gasteiger partial charge in [-0.3, -0.25) is 0 Å². The zero-order valence-corrected chi connectivity index (χ0v) is 11.6. The molecule has 0 radical (unpaired) electrons. The monoisotopic (exact) mass is 273 g/mol. The molecule has 2 bridgehead atoms. The average Bonchev–Trinajstić information content (AvgIpc) is 3.09. The lowest BCUT2D eigenvalue weighted by Gasteiger charge is -2.32. The number of rotatable bonds is 3. The Hall–Kier alpha value is -1.85. The number of ether oxygens (including phenoxy) is 1. The van der Waals surface area contributed by atoms with Gasteiger partial charge in [0.25, 0.3) is 0 Å². The molecule has 4 rings (SSSR count). The fraction of sp³-hybridized carbons (Fsp3) is 0.643. The smallest absolute Gasteiger partial charge is 0.245 e. The Morgan fingerprint density at radius 1 is 1.50 bits per heavy atom. The van der Waals surface area contributed by atoms with Crippen LogP contribution in [0.3, 0.4) is 0 Å². The maximum absolute atomic E-state index is 6.03. The molecule has 3 atom stereocenters. The number of nitrogens with zero attached hydrogens (tertiary/aromatic N) is 3. The molecule has 6 nitrogen and oxygen atoms in total. The van der Waals surface area contributed by atoms with E-state index in [0.29, 0.717) is 16.9 Å². The predicted octanol–water partition coefficient (Wildman–Crippen LogP) is 2.14. The molecule has 2 aromatic heterocycles. The van der Waals surface area contributed by atoms with Crippen molar-refractivity contribution in [2.75, 3.05) is 12.3 Å². The van der Waals surface area contributed by atoms with Gasteiger partial charge in [-0.05, 0) is 37.5 Å². The van der Waals surface area contributed by atoms with E-state index < -0.39 is 0 Å². The highest BCUT2D eigenvalue weighted by atomic mass is 16.5. The first-order valence-electron chi connectivity index (χ1n) is 7.26. The minimum absolute atomic E-state index is 0.209. The highest BCUT2D eigenvalue weighted by molar-refractivity contribution is 5.76. The number of hydrogen-bond donors (Lipinski definition) is 2. The quantitative estimate of drug-likeness (QED) is 0.894. The first-order valence-corrected chi connectivity index (χ1v) is 7.26. The molecule has 3 N–H and O–H groups in total. The van der Waals surface area contributed by atoms with E-state index in [1.807, 2.05) is 0 Å². The Bertz CT molecular complexity index is 654. The molecule has 2 saturated carbocycles. The summed E-state index contributed by atoms with van der Waals surface area (Å²) in [6.45, 7) is 3.07. The van der Waals surface area contributed by atoms with Crippen LogP contribution in [-0.4, -0.2) is 26.5 Å². The fourth-order valence-electron chi connectivity index (χ4n) is 4.08. The predicted molar refractivity (Wildman–Crippen MR) is 75.1 cm³/mol. The number of hydrogen-bond acceptors (Lipinski definition) is 5. The number of aromatic amines is 1. The molecule has 0 aromatic carbocycles. The molecule has 0 spiro atoms. The zero-order valence-electron chi connectivity index (χ0n) is 11.6. The number of nitrogens with two attached hydrogens (primary N) is 1. The normalized spacial score (nSPS) is 32.0. The third-order valence-corrected chi connectivity index (χ3v) is 5.24. The second-order valence-electron chi connectivity index (χ2n) is 6.38. The summed E-state index contributed by atoms with van der Waals surface area (Å²) >= 11 is 0. The summed E-state index contributed by atoms with van der Waals surface area (Å²) in [5.74, 6) is 2.37. The molecule has 0 aliphatic heterocycles. The lowest BCUT2D eigenvalue weighted by Crippen LogP contribution is -2.30. The second-order valence-corrected chi connectivity index (χ2v) is 6.38. The summed E-state index contributed by atoms with van der Waals surface area (Å²) < 4.78 is 6.03. The maximum atomic E-state index is 6.03. The molecule has 20 heavy (non-hydrogen) atoms. The summed E-state index contributed by atoms with van der Waals surface area (Å²) in [5, 5.41) is 0. The number of fused-ring (bicyclic) bond motifs is 3. The largest absolute Gasteiger partial charge is 0.475 e. The van der Waals surface area contributed by atoms with Gasteiger partial charge in [-0.2, -0.15) is 9.97 Å². The van der Waals surface area contributed by atoms with E-state index in [-0.39, 0.29) is 5.95 Å². The standard InChI is InChI=1S/C14H19N5O/c1-8-4-9-2-3-14(8,5-9)6-20-12-10-11(17-7-16-10)18-13(15)19-12/h7-9H,2-6H2,1H3,(H3,15,16,17,18,19). The van der Waals surface area contributed by atoms with Gasteiger partial charge in [0.2, 0.25) is 11.8 Å². The van der Waals surface area contributed by atoms with Gasteiger partial charge in [-0.25, -0.2) is 4.98 Å². The maximum Gasteiger partial charge on any atom is 0.245 e. The van der Waals surface area contributed by atoms with Gasteiger partial charge in [0.15, 0.2) is 5.65 Å². The van der Waals surface area contributed by atoms with Gasteiger partial charge < -0.3 is 15.5 Å². The molecule has 2 fully saturated rings. The summed E-state index contributed by atoms with van der Waals surface area (Å²) in [6, 6.07) is 0. The van der Waals surface area contributed by atoms with Crippen LogP contribution in [0.4, 0.5) is 5.95 Å². The van der Waals surface area contributed by atoms with Crippen molar-refractivity contribution < 1.29 is 4.74 Å². The van der Waals surface area contributed by atoms with E-state index >= 15 is 0 Å². The van der Waals surface area contributed by atoms with Crippen LogP contribution < -0.4 is 10.5 Å². The van der Waals surface area contributed by atoms with Crippen molar-refractivity contribution in [1.29, 1.82) is 0 Å².